The van der Waals surface area contributed by atoms with Gasteiger partial charge in [-0.25, -0.2) is 4.79 Å². The molecule has 2 rings (SSSR count). The molecular formula is C14H17F3N4O3S. The predicted molar refractivity (Wildman–Crippen MR) is 83.8 cm³/mol. The van der Waals surface area contributed by atoms with Gasteiger partial charge in [-0.15, -0.1) is 11.3 Å². The highest BCUT2D eigenvalue weighted by Gasteiger charge is 2.38. The second-order valence-electron chi connectivity index (χ2n) is 5.24. The number of urea groups is 1. The Labute approximate surface area is 145 Å². The first-order chi connectivity index (χ1) is 11.7. The number of hydrogen-bond acceptors (Lipinski definition) is 6. The number of halogens is 3. The van der Waals surface area contributed by atoms with Crippen LogP contribution in [0.5, 0.6) is 0 Å². The third-order valence-electron chi connectivity index (χ3n) is 3.11. The normalized spacial score (nSPS) is 12.9. The van der Waals surface area contributed by atoms with E-state index in [9.17, 15) is 23.1 Å². The van der Waals surface area contributed by atoms with Crippen LogP contribution in [0, 0.1) is 0 Å². The van der Waals surface area contributed by atoms with Crippen LogP contribution in [-0.4, -0.2) is 45.4 Å². The molecule has 138 valence electrons. The number of amides is 2. The molecule has 0 aliphatic carbocycles. The quantitative estimate of drug-likeness (QED) is 0.807. The number of nitrogens with one attached hydrogen (secondary N) is 1. The number of aliphatic hydroxyl groups is 1. The van der Waals surface area contributed by atoms with Gasteiger partial charge in [0.05, 0.1) is 17.5 Å². The zero-order chi connectivity index (χ0) is 18.6. The Hall–Kier alpha value is -2.14. The third kappa shape index (κ3) is 5.16. The number of aliphatic hydroxyl groups excluding tert-OH is 1. The molecule has 0 aliphatic heterocycles. The van der Waals surface area contributed by atoms with Gasteiger partial charge in [0.25, 0.3) is 0 Å². The minimum absolute atomic E-state index is 0.133. The molecule has 2 aromatic rings. The third-order valence-corrected chi connectivity index (χ3v) is 4.18. The van der Waals surface area contributed by atoms with Crippen molar-refractivity contribution < 1.29 is 27.6 Å². The topological polar surface area (TPSA) is 91.5 Å². The fourth-order valence-electron chi connectivity index (χ4n) is 1.88. The van der Waals surface area contributed by atoms with Gasteiger partial charge in [-0.3, -0.25) is 0 Å². The van der Waals surface area contributed by atoms with Crippen molar-refractivity contribution in [1.82, 2.24) is 20.4 Å². The molecule has 7 nitrogen and oxygen atoms in total. The standard InChI is InChI=1S/C14H17F3N4O3S/c1-3-21(13(23)18-6-8(2)22)7-9-4-5-10(25-9)11-19-12(24-20-11)14(15,16)17/h4-5,8,22H,3,6-7H2,1-2H3,(H,18,23). The second-order valence-corrected chi connectivity index (χ2v) is 6.40. The van der Waals surface area contributed by atoms with E-state index in [-0.39, 0.29) is 24.9 Å². The van der Waals surface area contributed by atoms with Crippen LogP contribution in [0.3, 0.4) is 0 Å². The molecule has 0 aliphatic rings. The number of hydrogen-bond donors (Lipinski definition) is 2. The lowest BCUT2D eigenvalue weighted by atomic mass is 10.4. The summed E-state index contributed by atoms with van der Waals surface area (Å²) in [6.07, 6.45) is -5.34. The summed E-state index contributed by atoms with van der Waals surface area (Å²) in [5.74, 6) is -1.55. The Morgan fingerprint density at radius 1 is 1.48 bits per heavy atom. The lowest BCUT2D eigenvalue weighted by Crippen LogP contribution is -2.41. The van der Waals surface area contributed by atoms with E-state index in [4.69, 9.17) is 0 Å². The van der Waals surface area contributed by atoms with Crippen molar-refractivity contribution >= 4 is 17.4 Å². The molecule has 11 heteroatoms. The van der Waals surface area contributed by atoms with Gasteiger partial charge in [-0.05, 0) is 26.0 Å². The SMILES string of the molecule is CCN(Cc1ccc(-c2noc(C(F)(F)F)n2)s1)C(=O)NCC(C)O. The molecule has 2 aromatic heterocycles. The van der Waals surface area contributed by atoms with E-state index < -0.39 is 18.2 Å². The zero-order valence-electron chi connectivity index (χ0n) is 13.5. The van der Waals surface area contributed by atoms with E-state index in [1.165, 1.54) is 16.2 Å². The largest absolute Gasteiger partial charge is 0.471 e. The first kappa shape index (κ1) is 19.2. The highest BCUT2D eigenvalue weighted by molar-refractivity contribution is 7.15. The van der Waals surface area contributed by atoms with E-state index >= 15 is 0 Å². The van der Waals surface area contributed by atoms with Crippen molar-refractivity contribution in [2.24, 2.45) is 0 Å². The fourth-order valence-corrected chi connectivity index (χ4v) is 2.83. The van der Waals surface area contributed by atoms with Crippen LogP contribution in [-0.2, 0) is 12.7 Å². The summed E-state index contributed by atoms with van der Waals surface area (Å²) in [5.41, 5.74) is 0. The van der Waals surface area contributed by atoms with Crippen molar-refractivity contribution in [2.45, 2.75) is 32.7 Å². The Balaban J connectivity index is 2.05. The summed E-state index contributed by atoms with van der Waals surface area (Å²) in [6.45, 7) is 4.19. The van der Waals surface area contributed by atoms with Crippen molar-refractivity contribution in [3.8, 4) is 10.7 Å². The summed E-state index contributed by atoms with van der Waals surface area (Å²) >= 11 is 1.17. The minimum atomic E-state index is -4.69. The molecule has 1 atom stereocenters. The first-order valence-corrected chi connectivity index (χ1v) is 8.23. The maximum absolute atomic E-state index is 12.5. The van der Waals surface area contributed by atoms with E-state index in [0.717, 1.165) is 4.88 Å². The number of carbonyl (C=O) groups excluding carboxylic acids is 1. The summed E-state index contributed by atoms with van der Waals surface area (Å²) in [6, 6.07) is 2.93. The van der Waals surface area contributed by atoms with Gasteiger partial charge in [0.2, 0.25) is 5.82 Å². The molecule has 0 bridgehead atoms. The van der Waals surface area contributed by atoms with Crippen LogP contribution in [0.2, 0.25) is 0 Å². The van der Waals surface area contributed by atoms with E-state index in [1.807, 2.05) is 0 Å². The van der Waals surface area contributed by atoms with Crippen molar-refractivity contribution in [1.29, 1.82) is 0 Å². The predicted octanol–water partition coefficient (Wildman–Crippen LogP) is 2.73. The molecule has 0 spiro atoms. The van der Waals surface area contributed by atoms with Gasteiger partial charge in [0, 0.05) is 18.0 Å². The van der Waals surface area contributed by atoms with Gasteiger partial charge in [0.1, 0.15) is 0 Å². The summed E-state index contributed by atoms with van der Waals surface area (Å²) in [4.78, 5) is 18.0. The smallest absolute Gasteiger partial charge is 0.392 e. The van der Waals surface area contributed by atoms with E-state index in [0.29, 0.717) is 11.4 Å². The lowest BCUT2D eigenvalue weighted by molar-refractivity contribution is -0.159. The second kappa shape index (κ2) is 7.83. The van der Waals surface area contributed by atoms with Crippen LogP contribution >= 0.6 is 11.3 Å². The van der Waals surface area contributed by atoms with Crippen LogP contribution in [0.1, 0.15) is 24.6 Å². The van der Waals surface area contributed by atoms with Gasteiger partial charge in [-0.1, -0.05) is 5.16 Å². The summed E-state index contributed by atoms with van der Waals surface area (Å²) in [7, 11) is 0. The molecule has 2 heterocycles. The lowest BCUT2D eigenvalue weighted by Gasteiger charge is -2.21. The zero-order valence-corrected chi connectivity index (χ0v) is 14.3. The number of rotatable bonds is 6. The van der Waals surface area contributed by atoms with Gasteiger partial charge < -0.3 is 19.8 Å². The van der Waals surface area contributed by atoms with Gasteiger partial charge in [-0.2, -0.15) is 18.2 Å². The number of alkyl halides is 3. The van der Waals surface area contributed by atoms with Crippen LogP contribution in [0.25, 0.3) is 10.7 Å². The molecule has 0 aromatic carbocycles. The van der Waals surface area contributed by atoms with E-state index in [1.54, 1.807) is 26.0 Å². The average molecular weight is 378 g/mol. The average Bonchev–Trinajstić information content (AvgIpc) is 3.18. The van der Waals surface area contributed by atoms with Crippen molar-refractivity contribution in [3.05, 3.63) is 22.9 Å². The Morgan fingerprint density at radius 2 is 2.20 bits per heavy atom. The Kier molecular flexibility index (Phi) is 6.01. The van der Waals surface area contributed by atoms with Crippen molar-refractivity contribution in [2.75, 3.05) is 13.1 Å². The number of aromatic nitrogens is 2. The maximum atomic E-state index is 12.5. The number of carbonyl (C=O) groups is 1. The maximum Gasteiger partial charge on any atom is 0.471 e. The van der Waals surface area contributed by atoms with Crippen molar-refractivity contribution in [3.63, 3.8) is 0 Å². The molecule has 0 radical (unpaired) electrons. The highest BCUT2D eigenvalue weighted by Crippen LogP contribution is 2.32. The minimum Gasteiger partial charge on any atom is -0.392 e. The molecule has 1 unspecified atom stereocenters. The Bertz CT molecular complexity index is 714. The molecule has 0 fully saturated rings. The number of thiophene rings is 1. The molecule has 2 N–H and O–H groups in total. The summed E-state index contributed by atoms with van der Waals surface area (Å²) in [5, 5.41) is 15.1. The summed E-state index contributed by atoms with van der Waals surface area (Å²) < 4.78 is 41.7. The molecule has 0 saturated carbocycles. The highest BCUT2D eigenvalue weighted by atomic mass is 32.1. The van der Waals surface area contributed by atoms with Gasteiger partial charge >= 0.3 is 18.1 Å². The monoisotopic (exact) mass is 378 g/mol. The number of nitrogens with zero attached hydrogens (tertiary/aromatic N) is 3. The molecule has 2 amide bonds. The van der Waals surface area contributed by atoms with Gasteiger partial charge in [0.15, 0.2) is 0 Å². The molecular weight excluding hydrogens is 361 g/mol. The first-order valence-electron chi connectivity index (χ1n) is 7.41. The Morgan fingerprint density at radius 3 is 2.76 bits per heavy atom. The molecule has 25 heavy (non-hydrogen) atoms. The van der Waals surface area contributed by atoms with Crippen LogP contribution < -0.4 is 5.32 Å². The fraction of sp³-hybridized carbons (Fsp3) is 0.500. The van der Waals surface area contributed by atoms with Crippen LogP contribution in [0.4, 0.5) is 18.0 Å². The van der Waals surface area contributed by atoms with Crippen LogP contribution in [0.15, 0.2) is 16.7 Å². The molecule has 0 saturated heterocycles. The van der Waals surface area contributed by atoms with E-state index in [2.05, 4.69) is 20.0 Å².